The van der Waals surface area contributed by atoms with Gasteiger partial charge in [-0.1, -0.05) is 31.4 Å². The van der Waals surface area contributed by atoms with Crippen molar-refractivity contribution in [2.24, 2.45) is 5.41 Å². The van der Waals surface area contributed by atoms with E-state index in [-0.39, 0.29) is 17.8 Å². The number of carboxylic acids is 1. The van der Waals surface area contributed by atoms with Gasteiger partial charge >= 0.3 is 5.97 Å². The topological polar surface area (TPSA) is 110 Å². The molecular formula is C16H20N2O5. The minimum Gasteiger partial charge on any atom is -0.481 e. The molecule has 2 N–H and O–H groups in total. The molecule has 1 aliphatic carbocycles. The van der Waals surface area contributed by atoms with Gasteiger partial charge < -0.3 is 10.4 Å². The molecule has 1 fully saturated rings. The lowest BCUT2D eigenvalue weighted by atomic mass is 9.74. The minimum atomic E-state index is -0.966. The number of rotatable bonds is 5. The van der Waals surface area contributed by atoms with Gasteiger partial charge in [-0.15, -0.1) is 0 Å². The smallest absolute Gasteiger partial charge is 0.311 e. The van der Waals surface area contributed by atoms with Crippen LogP contribution in [0.5, 0.6) is 0 Å². The van der Waals surface area contributed by atoms with E-state index < -0.39 is 22.2 Å². The molecule has 1 aliphatic rings. The summed E-state index contributed by atoms with van der Waals surface area (Å²) in [6, 6.07) is 4.52. The lowest BCUT2D eigenvalue weighted by Crippen LogP contribution is -2.44. The predicted molar refractivity (Wildman–Crippen MR) is 83.3 cm³/mol. The van der Waals surface area contributed by atoms with Crippen molar-refractivity contribution in [3.63, 3.8) is 0 Å². The van der Waals surface area contributed by atoms with Crippen LogP contribution in [-0.2, 0) is 4.79 Å². The fraction of sp³-hybridized carbons (Fsp3) is 0.500. The Morgan fingerprint density at radius 2 is 1.96 bits per heavy atom. The molecule has 0 saturated heterocycles. The number of hydrogen-bond donors (Lipinski definition) is 2. The second kappa shape index (κ2) is 6.76. The number of nitrogens with one attached hydrogen (secondary N) is 1. The summed E-state index contributed by atoms with van der Waals surface area (Å²) < 4.78 is 0. The average Bonchev–Trinajstić information content (AvgIpc) is 2.52. The maximum atomic E-state index is 12.3. The second-order valence-corrected chi connectivity index (χ2v) is 6.06. The SMILES string of the molecule is Cc1cccc(C(=O)NCC2(C(=O)O)CCCCC2)c1[N+](=O)[O-]. The summed E-state index contributed by atoms with van der Waals surface area (Å²) in [5.74, 6) is -1.53. The van der Waals surface area contributed by atoms with E-state index in [1.807, 2.05) is 0 Å². The lowest BCUT2D eigenvalue weighted by molar-refractivity contribution is -0.385. The number of aliphatic carboxylic acids is 1. The Labute approximate surface area is 133 Å². The van der Waals surface area contributed by atoms with Crippen molar-refractivity contribution >= 4 is 17.6 Å². The molecule has 0 bridgehead atoms. The molecule has 1 aromatic rings. The van der Waals surface area contributed by atoms with Crippen LogP contribution in [0.4, 0.5) is 5.69 Å². The first-order valence-corrected chi connectivity index (χ1v) is 7.63. The molecule has 0 unspecified atom stereocenters. The van der Waals surface area contributed by atoms with Gasteiger partial charge in [-0.3, -0.25) is 19.7 Å². The van der Waals surface area contributed by atoms with Crippen LogP contribution in [0.3, 0.4) is 0 Å². The molecule has 1 amide bonds. The lowest BCUT2D eigenvalue weighted by Gasteiger charge is -2.33. The molecule has 2 rings (SSSR count). The molecular weight excluding hydrogens is 300 g/mol. The number of carboxylic acid groups (broad SMARTS) is 1. The van der Waals surface area contributed by atoms with Crippen LogP contribution in [0.1, 0.15) is 48.0 Å². The van der Waals surface area contributed by atoms with Gasteiger partial charge in [0.2, 0.25) is 0 Å². The number of amides is 1. The van der Waals surface area contributed by atoms with E-state index in [0.29, 0.717) is 18.4 Å². The highest BCUT2D eigenvalue weighted by atomic mass is 16.6. The maximum Gasteiger partial charge on any atom is 0.311 e. The van der Waals surface area contributed by atoms with Crippen molar-refractivity contribution in [2.45, 2.75) is 39.0 Å². The third-order valence-corrected chi connectivity index (χ3v) is 4.52. The number of aryl methyl sites for hydroxylation is 1. The number of carbonyl (C=O) groups is 2. The van der Waals surface area contributed by atoms with Gasteiger partial charge in [0.25, 0.3) is 11.6 Å². The third kappa shape index (κ3) is 3.49. The van der Waals surface area contributed by atoms with Crippen LogP contribution >= 0.6 is 0 Å². The monoisotopic (exact) mass is 320 g/mol. The highest BCUT2D eigenvalue weighted by Gasteiger charge is 2.40. The van der Waals surface area contributed by atoms with E-state index >= 15 is 0 Å². The van der Waals surface area contributed by atoms with Crippen molar-refractivity contribution in [1.82, 2.24) is 5.32 Å². The van der Waals surface area contributed by atoms with Crippen molar-refractivity contribution in [1.29, 1.82) is 0 Å². The number of benzene rings is 1. The van der Waals surface area contributed by atoms with Gasteiger partial charge in [0.1, 0.15) is 5.56 Å². The molecule has 23 heavy (non-hydrogen) atoms. The van der Waals surface area contributed by atoms with E-state index in [0.717, 1.165) is 19.3 Å². The van der Waals surface area contributed by atoms with Gasteiger partial charge in [-0.05, 0) is 25.8 Å². The maximum absolute atomic E-state index is 12.3. The van der Waals surface area contributed by atoms with Gasteiger partial charge in [0, 0.05) is 12.1 Å². The van der Waals surface area contributed by atoms with Crippen molar-refractivity contribution in [3.8, 4) is 0 Å². The van der Waals surface area contributed by atoms with Crippen LogP contribution in [-0.4, -0.2) is 28.5 Å². The van der Waals surface area contributed by atoms with E-state index in [4.69, 9.17) is 0 Å². The summed E-state index contributed by atoms with van der Waals surface area (Å²) in [5, 5.41) is 23.2. The summed E-state index contributed by atoms with van der Waals surface area (Å²) in [7, 11) is 0. The van der Waals surface area contributed by atoms with E-state index in [9.17, 15) is 24.8 Å². The number of hydrogen-bond acceptors (Lipinski definition) is 4. The molecule has 0 radical (unpaired) electrons. The fourth-order valence-corrected chi connectivity index (χ4v) is 3.12. The Balaban J connectivity index is 2.18. The number of nitrogens with zero attached hydrogens (tertiary/aromatic N) is 1. The van der Waals surface area contributed by atoms with E-state index in [2.05, 4.69) is 5.32 Å². The number of carbonyl (C=O) groups excluding carboxylic acids is 1. The molecule has 0 aliphatic heterocycles. The Kier molecular flexibility index (Phi) is 4.98. The van der Waals surface area contributed by atoms with Crippen molar-refractivity contribution in [2.75, 3.05) is 6.54 Å². The third-order valence-electron chi connectivity index (χ3n) is 4.52. The summed E-state index contributed by atoms with van der Waals surface area (Å²) in [4.78, 5) is 34.5. The zero-order valence-corrected chi connectivity index (χ0v) is 13.0. The van der Waals surface area contributed by atoms with Crippen LogP contribution < -0.4 is 5.32 Å². The van der Waals surface area contributed by atoms with Gasteiger partial charge in [0.05, 0.1) is 10.3 Å². The molecule has 1 aromatic carbocycles. The van der Waals surface area contributed by atoms with E-state index in [1.54, 1.807) is 19.1 Å². The average molecular weight is 320 g/mol. The molecule has 124 valence electrons. The van der Waals surface area contributed by atoms with Crippen LogP contribution in [0.15, 0.2) is 18.2 Å². The molecule has 7 nitrogen and oxygen atoms in total. The first-order chi connectivity index (χ1) is 10.9. The molecule has 0 aromatic heterocycles. The highest BCUT2D eigenvalue weighted by Crippen LogP contribution is 2.36. The largest absolute Gasteiger partial charge is 0.481 e. The zero-order valence-electron chi connectivity index (χ0n) is 13.0. The Morgan fingerprint density at radius 3 is 2.52 bits per heavy atom. The van der Waals surface area contributed by atoms with Crippen LogP contribution in [0.25, 0.3) is 0 Å². The normalized spacial score (nSPS) is 16.6. The van der Waals surface area contributed by atoms with Gasteiger partial charge in [-0.25, -0.2) is 0 Å². The Hall–Kier alpha value is -2.44. The number of para-hydroxylation sites is 1. The van der Waals surface area contributed by atoms with Crippen molar-refractivity contribution < 1.29 is 19.6 Å². The Bertz CT molecular complexity index is 635. The highest BCUT2D eigenvalue weighted by molar-refractivity contribution is 5.98. The first kappa shape index (κ1) is 16.9. The zero-order chi connectivity index (χ0) is 17.0. The number of nitro groups is 1. The molecule has 1 saturated carbocycles. The fourth-order valence-electron chi connectivity index (χ4n) is 3.12. The van der Waals surface area contributed by atoms with Gasteiger partial charge in [-0.2, -0.15) is 0 Å². The second-order valence-electron chi connectivity index (χ2n) is 6.06. The standard InChI is InChI=1S/C16H20N2O5/c1-11-6-5-7-12(13(11)18(22)23)14(19)17-10-16(15(20)21)8-3-2-4-9-16/h5-7H,2-4,8-10H2,1H3,(H,17,19)(H,20,21). The molecule has 0 spiro atoms. The quantitative estimate of drug-likeness (QED) is 0.640. The molecule has 7 heteroatoms. The van der Waals surface area contributed by atoms with Crippen LogP contribution in [0, 0.1) is 22.5 Å². The summed E-state index contributed by atoms with van der Waals surface area (Å²) in [6.07, 6.45) is 3.64. The molecule has 0 atom stereocenters. The van der Waals surface area contributed by atoms with Gasteiger partial charge in [0.15, 0.2) is 0 Å². The summed E-state index contributed by atoms with van der Waals surface area (Å²) in [5.41, 5.74) is -0.843. The summed E-state index contributed by atoms with van der Waals surface area (Å²) >= 11 is 0. The molecule has 0 heterocycles. The number of nitro benzene ring substituents is 1. The Morgan fingerprint density at radius 1 is 1.30 bits per heavy atom. The van der Waals surface area contributed by atoms with Crippen LogP contribution in [0.2, 0.25) is 0 Å². The van der Waals surface area contributed by atoms with E-state index in [1.165, 1.54) is 6.07 Å². The predicted octanol–water partition coefficient (Wildman–Crippen LogP) is 2.67. The first-order valence-electron chi connectivity index (χ1n) is 7.63. The minimum absolute atomic E-state index is 0.00768. The summed E-state index contributed by atoms with van der Waals surface area (Å²) in [6.45, 7) is 1.56. The van der Waals surface area contributed by atoms with Crippen molar-refractivity contribution in [3.05, 3.63) is 39.4 Å².